The summed E-state index contributed by atoms with van der Waals surface area (Å²) in [6, 6.07) is 103. The maximum Gasteiger partial charge on any atom is 0.0991 e. The third-order valence-electron chi connectivity index (χ3n) is 14.9. The van der Waals surface area contributed by atoms with E-state index in [4.69, 9.17) is 0 Å². The van der Waals surface area contributed by atoms with Crippen molar-refractivity contribution in [2.75, 3.05) is 9.80 Å². The molecule has 0 saturated carbocycles. The van der Waals surface area contributed by atoms with Crippen molar-refractivity contribution in [1.82, 2.24) is 4.40 Å². The number of benzene rings is 12. The van der Waals surface area contributed by atoms with Gasteiger partial charge in [-0.15, -0.1) is 0 Å². The van der Waals surface area contributed by atoms with Crippen LogP contribution in [0.2, 0.25) is 0 Å². The third-order valence-corrected chi connectivity index (χ3v) is 14.9. The van der Waals surface area contributed by atoms with E-state index in [0.717, 1.165) is 83.3 Å². The minimum Gasteiger partial charge on any atom is -0.310 e. The van der Waals surface area contributed by atoms with Gasteiger partial charge >= 0.3 is 0 Å². The van der Waals surface area contributed by atoms with Crippen molar-refractivity contribution < 1.29 is 0 Å². The summed E-state index contributed by atoms with van der Waals surface area (Å²) in [7, 11) is 0. The number of nitrogens with zero attached hydrogens (tertiary/aromatic N) is 4. The summed E-state index contributed by atoms with van der Waals surface area (Å²) in [6.45, 7) is 0. The summed E-state index contributed by atoms with van der Waals surface area (Å²) >= 11 is 0. The Morgan fingerprint density at radius 1 is 0.293 bits per heavy atom. The van der Waals surface area contributed by atoms with Gasteiger partial charge in [0.1, 0.15) is 0 Å². The van der Waals surface area contributed by atoms with E-state index in [1.807, 2.05) is 6.07 Å². The predicted octanol–water partition coefficient (Wildman–Crippen LogP) is 19.5. The van der Waals surface area contributed by atoms with Crippen LogP contribution in [0.4, 0.5) is 34.1 Å². The van der Waals surface area contributed by atoms with Gasteiger partial charge < -0.3 is 14.2 Å². The van der Waals surface area contributed by atoms with Crippen LogP contribution in [0.3, 0.4) is 0 Å². The molecule has 4 nitrogen and oxygen atoms in total. The molecule has 350 valence electrons. The van der Waals surface area contributed by atoms with Gasteiger partial charge in [0.2, 0.25) is 0 Å². The average molecular weight is 955 g/mol. The summed E-state index contributed by atoms with van der Waals surface area (Å²) in [5.41, 5.74) is 19.6. The van der Waals surface area contributed by atoms with E-state index in [9.17, 15) is 5.26 Å². The molecule has 0 N–H and O–H groups in total. The summed E-state index contributed by atoms with van der Waals surface area (Å²) < 4.78 is 2.43. The van der Waals surface area contributed by atoms with Gasteiger partial charge in [0.15, 0.2) is 0 Å². The maximum atomic E-state index is 10.4. The molecule has 0 fully saturated rings. The monoisotopic (exact) mass is 954 g/mol. The zero-order valence-corrected chi connectivity index (χ0v) is 40.8. The van der Waals surface area contributed by atoms with Crippen LogP contribution in [-0.4, -0.2) is 4.40 Å². The first-order valence-electron chi connectivity index (χ1n) is 25.5. The molecule has 14 rings (SSSR count). The summed E-state index contributed by atoms with van der Waals surface area (Å²) in [6.07, 6.45) is 0. The Bertz CT molecular complexity index is 4240. The number of aromatic nitrogens is 1. The molecule has 0 atom stereocenters. The van der Waals surface area contributed by atoms with E-state index < -0.39 is 0 Å². The van der Waals surface area contributed by atoms with Gasteiger partial charge in [0, 0.05) is 50.0 Å². The smallest absolute Gasteiger partial charge is 0.0991 e. The SMILES string of the molecule is N#Cc1ccc2c(c1)c1c(N(c3ccc(-c4ccccc4)cc3)c3ccc(-c4ccccc4)cc3)ccc3c4cc5ccc(N(c6ccc(-c7ccccc7)cc6)c6ccc(-c7ccccc7)cc6)cc5cc4n2c31. The summed E-state index contributed by atoms with van der Waals surface area (Å²) in [4.78, 5) is 4.74. The third kappa shape index (κ3) is 7.62. The van der Waals surface area contributed by atoms with Crippen molar-refractivity contribution in [2.24, 2.45) is 0 Å². The highest BCUT2D eigenvalue weighted by Crippen LogP contribution is 2.49. The Labute approximate surface area is 435 Å². The second-order valence-electron chi connectivity index (χ2n) is 19.3. The largest absolute Gasteiger partial charge is 0.310 e. The number of nitriles is 1. The van der Waals surface area contributed by atoms with Crippen LogP contribution in [0.5, 0.6) is 0 Å². The van der Waals surface area contributed by atoms with E-state index in [1.165, 1.54) is 44.2 Å². The Morgan fingerprint density at radius 2 is 0.720 bits per heavy atom. The van der Waals surface area contributed by atoms with Crippen molar-refractivity contribution in [3.8, 4) is 50.6 Å². The molecular weight excluding hydrogens is 909 g/mol. The van der Waals surface area contributed by atoms with Crippen molar-refractivity contribution in [1.29, 1.82) is 5.26 Å². The molecule has 0 saturated heterocycles. The van der Waals surface area contributed by atoms with Gasteiger partial charge in [-0.25, -0.2) is 0 Å². The zero-order chi connectivity index (χ0) is 49.8. The van der Waals surface area contributed by atoms with Crippen LogP contribution in [0.25, 0.3) is 93.4 Å². The van der Waals surface area contributed by atoms with Crippen LogP contribution < -0.4 is 9.80 Å². The minimum atomic E-state index is 0.626. The first-order chi connectivity index (χ1) is 37.1. The van der Waals surface area contributed by atoms with Crippen LogP contribution >= 0.6 is 0 Å². The second kappa shape index (κ2) is 18.1. The average Bonchev–Trinajstić information content (AvgIpc) is 4.15. The highest BCUT2D eigenvalue weighted by Gasteiger charge is 2.25. The molecule has 0 radical (unpaired) electrons. The lowest BCUT2D eigenvalue weighted by molar-refractivity contribution is 1.29. The highest BCUT2D eigenvalue weighted by atomic mass is 15.2. The van der Waals surface area contributed by atoms with Crippen LogP contribution in [-0.2, 0) is 0 Å². The van der Waals surface area contributed by atoms with E-state index in [2.05, 4.69) is 293 Å². The lowest BCUT2D eigenvalue weighted by Gasteiger charge is -2.27. The van der Waals surface area contributed by atoms with Crippen LogP contribution in [0.15, 0.2) is 279 Å². The standard InChI is InChI=1S/C71H46N4/c72-47-48-21-41-67-66(43-48)70-68(74(61-35-26-55(27-36-61)51-17-9-3-10-18-51)62-37-28-56(29-38-62)52-19-11-4-12-20-52)42-40-64-65-45-57-30-39-63(44-58(57)46-69(65)75(67)71(64)70)73(59-31-22-53(23-32-59)49-13-5-1-6-14-49)60-33-24-54(25-34-60)50-15-7-2-8-16-50/h1-46H. The van der Waals surface area contributed by atoms with E-state index in [1.54, 1.807) is 0 Å². The highest BCUT2D eigenvalue weighted by molar-refractivity contribution is 6.28. The Morgan fingerprint density at radius 3 is 1.17 bits per heavy atom. The number of hydrogen-bond donors (Lipinski definition) is 0. The zero-order valence-electron chi connectivity index (χ0n) is 40.8. The quantitative estimate of drug-likeness (QED) is 0.137. The number of hydrogen-bond acceptors (Lipinski definition) is 3. The molecule has 4 heteroatoms. The Hall–Kier alpha value is -10.2. The van der Waals surface area contributed by atoms with Gasteiger partial charge in [-0.1, -0.05) is 182 Å². The Balaban J connectivity index is 0.949. The molecule has 14 aromatic rings. The number of fused-ring (bicyclic) bond motifs is 7. The molecule has 12 aromatic carbocycles. The van der Waals surface area contributed by atoms with Crippen molar-refractivity contribution >= 4 is 83.0 Å². The van der Waals surface area contributed by atoms with Gasteiger partial charge in [-0.2, -0.15) is 5.26 Å². The van der Waals surface area contributed by atoms with Gasteiger partial charge in [0.25, 0.3) is 0 Å². The van der Waals surface area contributed by atoms with Crippen molar-refractivity contribution in [3.05, 3.63) is 285 Å². The van der Waals surface area contributed by atoms with Crippen LogP contribution in [0, 0.1) is 11.3 Å². The normalized spacial score (nSPS) is 11.5. The summed E-state index contributed by atoms with van der Waals surface area (Å²) in [5.74, 6) is 0. The summed E-state index contributed by atoms with van der Waals surface area (Å²) in [5, 5.41) is 17.2. The maximum absolute atomic E-state index is 10.4. The van der Waals surface area contributed by atoms with Crippen molar-refractivity contribution in [2.45, 2.75) is 0 Å². The molecule has 0 amide bonds. The van der Waals surface area contributed by atoms with Gasteiger partial charge in [-0.3, -0.25) is 0 Å². The predicted molar refractivity (Wildman–Crippen MR) is 314 cm³/mol. The van der Waals surface area contributed by atoms with E-state index in [-0.39, 0.29) is 0 Å². The lowest BCUT2D eigenvalue weighted by Crippen LogP contribution is -2.10. The fraction of sp³-hybridized carbons (Fsp3) is 0. The fourth-order valence-electron chi connectivity index (χ4n) is 11.3. The topological polar surface area (TPSA) is 34.7 Å². The van der Waals surface area contributed by atoms with Crippen LogP contribution in [0.1, 0.15) is 5.56 Å². The molecule has 0 unspecified atom stereocenters. The molecular formula is C71H46N4. The van der Waals surface area contributed by atoms with Gasteiger partial charge in [-0.05, 0) is 152 Å². The molecule has 0 bridgehead atoms. The molecule has 0 aliphatic carbocycles. The van der Waals surface area contributed by atoms with E-state index in [0.29, 0.717) is 5.56 Å². The molecule has 75 heavy (non-hydrogen) atoms. The second-order valence-corrected chi connectivity index (χ2v) is 19.3. The lowest BCUT2D eigenvalue weighted by atomic mass is 10.00. The first kappa shape index (κ1) is 43.6. The number of anilines is 6. The first-order valence-corrected chi connectivity index (χ1v) is 25.5. The molecule has 0 aliphatic rings. The molecule has 2 aromatic heterocycles. The van der Waals surface area contributed by atoms with Crippen molar-refractivity contribution in [3.63, 3.8) is 0 Å². The fourth-order valence-corrected chi connectivity index (χ4v) is 11.3. The minimum absolute atomic E-state index is 0.626. The number of rotatable bonds is 10. The van der Waals surface area contributed by atoms with E-state index >= 15 is 0 Å². The molecule has 0 spiro atoms. The molecule has 2 heterocycles. The van der Waals surface area contributed by atoms with Gasteiger partial charge in [0.05, 0.1) is 33.9 Å². The Kier molecular flexibility index (Phi) is 10.5. The molecule has 0 aliphatic heterocycles.